The molecule has 1 amide bonds. The van der Waals surface area contributed by atoms with Gasteiger partial charge in [-0.05, 0) is 46.4 Å². The van der Waals surface area contributed by atoms with Crippen LogP contribution < -0.4 is 5.32 Å². The van der Waals surface area contributed by atoms with E-state index in [2.05, 4.69) is 48.4 Å². The van der Waals surface area contributed by atoms with Crippen LogP contribution in [0.3, 0.4) is 0 Å². The second-order valence-corrected chi connectivity index (χ2v) is 10.9. The predicted molar refractivity (Wildman–Crippen MR) is 159 cm³/mol. The Morgan fingerprint density at radius 2 is 1.50 bits per heavy atom. The average molecular weight is 527 g/mol. The monoisotopic (exact) mass is 526 g/mol. The highest BCUT2D eigenvalue weighted by atomic mass is 16.3. The molecule has 0 bridgehead atoms. The van der Waals surface area contributed by atoms with Gasteiger partial charge in [0.15, 0.2) is 5.58 Å². The Morgan fingerprint density at radius 1 is 0.850 bits per heavy atom. The maximum absolute atomic E-state index is 13.5. The SMILES string of the molecule is CC(C)(C)c1ccc2oc(-c3cn[nH]c3-c3ccc(NC(=O)C(c4ccccc4)c4ccccc4)cc3)nc2c1. The molecule has 2 N–H and O–H groups in total. The lowest BCUT2D eigenvalue weighted by molar-refractivity contribution is -0.116. The van der Waals surface area contributed by atoms with E-state index in [1.54, 1.807) is 6.20 Å². The molecule has 198 valence electrons. The van der Waals surface area contributed by atoms with E-state index < -0.39 is 5.92 Å². The van der Waals surface area contributed by atoms with E-state index in [1.165, 1.54) is 5.56 Å². The van der Waals surface area contributed by atoms with Crippen LogP contribution in [-0.2, 0) is 10.2 Å². The molecule has 0 fully saturated rings. The molecular formula is C34H30N4O2. The number of oxazole rings is 1. The summed E-state index contributed by atoms with van der Waals surface area (Å²) in [6, 6.07) is 33.5. The van der Waals surface area contributed by atoms with Gasteiger partial charge < -0.3 is 9.73 Å². The maximum atomic E-state index is 13.5. The number of hydrogen-bond acceptors (Lipinski definition) is 4. The van der Waals surface area contributed by atoms with Gasteiger partial charge in [-0.3, -0.25) is 9.89 Å². The van der Waals surface area contributed by atoms with Crippen molar-refractivity contribution in [2.24, 2.45) is 0 Å². The van der Waals surface area contributed by atoms with E-state index in [4.69, 9.17) is 9.40 Å². The second kappa shape index (κ2) is 10.3. The Morgan fingerprint density at radius 3 is 2.12 bits per heavy atom. The highest BCUT2D eigenvalue weighted by molar-refractivity contribution is 5.98. The predicted octanol–water partition coefficient (Wildman–Crippen LogP) is 7.95. The number of amides is 1. The molecule has 0 radical (unpaired) electrons. The zero-order valence-corrected chi connectivity index (χ0v) is 22.7. The van der Waals surface area contributed by atoms with Crippen molar-refractivity contribution in [1.29, 1.82) is 0 Å². The molecule has 6 heteroatoms. The van der Waals surface area contributed by atoms with Gasteiger partial charge in [-0.2, -0.15) is 5.10 Å². The number of nitrogens with one attached hydrogen (secondary N) is 2. The first kappa shape index (κ1) is 25.3. The summed E-state index contributed by atoms with van der Waals surface area (Å²) in [4.78, 5) is 18.3. The third-order valence-corrected chi connectivity index (χ3v) is 7.09. The molecule has 0 aliphatic carbocycles. The van der Waals surface area contributed by atoms with Crippen molar-refractivity contribution in [3.8, 4) is 22.7 Å². The van der Waals surface area contributed by atoms with Crippen molar-refractivity contribution >= 4 is 22.7 Å². The van der Waals surface area contributed by atoms with Crippen LogP contribution in [0.1, 0.15) is 43.4 Å². The van der Waals surface area contributed by atoms with Gasteiger partial charge in [0.1, 0.15) is 5.52 Å². The summed E-state index contributed by atoms with van der Waals surface area (Å²) in [6.45, 7) is 6.54. The topological polar surface area (TPSA) is 83.8 Å². The van der Waals surface area contributed by atoms with Crippen LogP contribution in [0.4, 0.5) is 5.69 Å². The minimum atomic E-state index is -0.417. The third-order valence-electron chi connectivity index (χ3n) is 7.09. The standard InChI is InChI=1S/C34H30N4O2/c1-34(2,3)25-16-19-29-28(20-25)37-33(40-29)27-21-35-38-31(27)24-14-17-26(18-15-24)36-32(39)30(22-10-6-4-7-11-22)23-12-8-5-9-13-23/h4-21,30H,1-3H3,(H,35,38)(H,36,39). The van der Waals surface area contributed by atoms with Gasteiger partial charge in [0.25, 0.3) is 0 Å². The number of carbonyl (C=O) groups excluding carboxylic acids is 1. The first-order valence-corrected chi connectivity index (χ1v) is 13.3. The van der Waals surface area contributed by atoms with Gasteiger partial charge in [-0.25, -0.2) is 4.98 Å². The number of fused-ring (bicyclic) bond motifs is 1. The lowest BCUT2D eigenvalue weighted by Gasteiger charge is -2.18. The van der Waals surface area contributed by atoms with Gasteiger partial charge in [0.05, 0.1) is 23.4 Å². The minimum absolute atomic E-state index is 0.0213. The van der Waals surface area contributed by atoms with Gasteiger partial charge in [-0.1, -0.05) is 99.6 Å². The molecule has 2 heterocycles. The molecule has 4 aromatic carbocycles. The molecule has 6 nitrogen and oxygen atoms in total. The van der Waals surface area contributed by atoms with Crippen molar-refractivity contribution in [3.05, 3.63) is 126 Å². The Bertz CT molecular complexity index is 1720. The fourth-order valence-corrected chi connectivity index (χ4v) is 4.90. The zero-order chi connectivity index (χ0) is 27.7. The average Bonchev–Trinajstić information content (AvgIpc) is 3.61. The number of benzene rings is 4. The van der Waals surface area contributed by atoms with Gasteiger partial charge in [-0.15, -0.1) is 0 Å². The largest absolute Gasteiger partial charge is 0.436 e. The van der Waals surface area contributed by atoms with Crippen LogP contribution >= 0.6 is 0 Å². The summed E-state index contributed by atoms with van der Waals surface area (Å²) < 4.78 is 6.10. The summed E-state index contributed by atoms with van der Waals surface area (Å²) in [5, 5.41) is 10.5. The van der Waals surface area contributed by atoms with Gasteiger partial charge >= 0.3 is 0 Å². The van der Waals surface area contributed by atoms with Crippen molar-refractivity contribution in [1.82, 2.24) is 15.2 Å². The Kier molecular flexibility index (Phi) is 6.52. The van der Waals surface area contributed by atoms with Gasteiger partial charge in [0, 0.05) is 11.3 Å². The molecule has 0 aliphatic rings. The minimum Gasteiger partial charge on any atom is -0.436 e. The van der Waals surface area contributed by atoms with E-state index in [0.29, 0.717) is 11.6 Å². The molecule has 6 rings (SSSR count). The number of aromatic nitrogens is 3. The third kappa shape index (κ3) is 5.04. The number of nitrogens with zero attached hydrogens (tertiary/aromatic N) is 2. The van der Waals surface area contributed by atoms with E-state index in [-0.39, 0.29) is 11.3 Å². The van der Waals surface area contributed by atoms with E-state index >= 15 is 0 Å². The highest BCUT2D eigenvalue weighted by Crippen LogP contribution is 2.34. The van der Waals surface area contributed by atoms with Crippen LogP contribution in [0, 0.1) is 0 Å². The fraction of sp³-hybridized carbons (Fsp3) is 0.147. The summed E-state index contributed by atoms with van der Waals surface area (Å²) in [5.41, 5.74) is 7.86. The molecule has 0 saturated carbocycles. The molecule has 0 atom stereocenters. The Labute approximate surface area is 233 Å². The summed E-state index contributed by atoms with van der Waals surface area (Å²) in [5.74, 6) is 0.00322. The van der Waals surface area contributed by atoms with E-state index in [1.807, 2.05) is 91.0 Å². The summed E-state index contributed by atoms with van der Waals surface area (Å²) >= 11 is 0. The van der Waals surface area contributed by atoms with E-state index in [9.17, 15) is 4.79 Å². The molecule has 40 heavy (non-hydrogen) atoms. The number of rotatable bonds is 6. The number of H-pyrrole nitrogens is 1. The van der Waals surface area contributed by atoms with Crippen molar-refractivity contribution in [3.63, 3.8) is 0 Å². The lowest BCUT2D eigenvalue weighted by atomic mass is 9.87. The second-order valence-electron chi connectivity index (χ2n) is 10.9. The van der Waals surface area contributed by atoms with Crippen molar-refractivity contribution in [2.45, 2.75) is 32.1 Å². The molecule has 0 saturated heterocycles. The first-order chi connectivity index (χ1) is 19.4. The molecule has 2 aromatic heterocycles. The molecule has 0 spiro atoms. The maximum Gasteiger partial charge on any atom is 0.236 e. The number of carbonyl (C=O) groups is 1. The van der Waals surface area contributed by atoms with Crippen LogP contribution in [-0.4, -0.2) is 21.1 Å². The number of hydrogen-bond donors (Lipinski definition) is 2. The fourth-order valence-electron chi connectivity index (χ4n) is 4.90. The number of aromatic amines is 1. The molecular weight excluding hydrogens is 496 g/mol. The van der Waals surface area contributed by atoms with Crippen LogP contribution in [0.5, 0.6) is 0 Å². The highest BCUT2D eigenvalue weighted by Gasteiger charge is 2.23. The first-order valence-electron chi connectivity index (χ1n) is 13.3. The zero-order valence-electron chi connectivity index (χ0n) is 22.7. The molecule has 6 aromatic rings. The molecule has 0 unspecified atom stereocenters. The van der Waals surface area contributed by atoms with E-state index in [0.717, 1.165) is 39.0 Å². The quantitative estimate of drug-likeness (QED) is 0.231. The van der Waals surface area contributed by atoms with Gasteiger partial charge in [0.2, 0.25) is 11.8 Å². The smallest absolute Gasteiger partial charge is 0.236 e. The Hall–Kier alpha value is -4.97. The van der Waals surface area contributed by atoms with Crippen molar-refractivity contribution < 1.29 is 9.21 Å². The van der Waals surface area contributed by atoms with Crippen molar-refractivity contribution in [2.75, 3.05) is 5.32 Å². The Balaban J connectivity index is 1.25. The normalized spacial score (nSPS) is 11.7. The molecule has 0 aliphatic heterocycles. The lowest BCUT2D eigenvalue weighted by Crippen LogP contribution is -2.22. The van der Waals surface area contributed by atoms with Crippen LogP contribution in [0.25, 0.3) is 33.8 Å². The number of anilines is 1. The van der Waals surface area contributed by atoms with Crippen LogP contribution in [0.15, 0.2) is 114 Å². The summed E-state index contributed by atoms with van der Waals surface area (Å²) in [6.07, 6.45) is 1.73. The van der Waals surface area contributed by atoms with Crippen LogP contribution in [0.2, 0.25) is 0 Å². The summed E-state index contributed by atoms with van der Waals surface area (Å²) in [7, 11) is 0.